The average Bonchev–Trinajstić information content (AvgIpc) is 2.70. The lowest BCUT2D eigenvalue weighted by Crippen LogP contribution is -2.38. The fourth-order valence-electron chi connectivity index (χ4n) is 3.00. The lowest BCUT2D eigenvalue weighted by atomic mass is 9.99. The smallest absolute Gasteiger partial charge is 0.269 e. The van der Waals surface area contributed by atoms with Gasteiger partial charge >= 0.3 is 0 Å². The molecule has 2 aromatic carbocycles. The largest absolute Gasteiger partial charge is 0.493 e. The molecule has 142 valence electrons. The highest BCUT2D eigenvalue weighted by molar-refractivity contribution is 5.78. The van der Waals surface area contributed by atoms with Gasteiger partial charge in [0.15, 0.2) is 18.1 Å². The Balaban J connectivity index is 1.62. The van der Waals surface area contributed by atoms with E-state index in [2.05, 4.69) is 0 Å². The van der Waals surface area contributed by atoms with Crippen LogP contribution < -0.4 is 14.2 Å². The Morgan fingerprint density at radius 1 is 1.11 bits per heavy atom. The summed E-state index contributed by atoms with van der Waals surface area (Å²) < 4.78 is 16.1. The second-order valence-corrected chi connectivity index (χ2v) is 6.08. The number of carbonyl (C=O) groups is 1. The van der Waals surface area contributed by atoms with Crippen LogP contribution in [0.2, 0.25) is 0 Å². The molecule has 0 fully saturated rings. The summed E-state index contributed by atoms with van der Waals surface area (Å²) in [7, 11) is 3.17. The first kappa shape index (κ1) is 18.5. The number of nitro groups is 1. The quantitative estimate of drug-likeness (QED) is 0.572. The molecule has 3 rings (SSSR count). The Hall–Kier alpha value is -3.29. The van der Waals surface area contributed by atoms with Crippen LogP contribution in [-0.2, 0) is 17.8 Å². The molecule has 0 aromatic heterocycles. The third-order valence-electron chi connectivity index (χ3n) is 4.48. The number of amides is 1. The molecule has 0 aliphatic carbocycles. The molecule has 8 heteroatoms. The van der Waals surface area contributed by atoms with Crippen molar-refractivity contribution in [2.75, 3.05) is 27.4 Å². The van der Waals surface area contributed by atoms with E-state index in [0.29, 0.717) is 30.3 Å². The van der Waals surface area contributed by atoms with Crippen LogP contribution in [0.25, 0.3) is 0 Å². The van der Waals surface area contributed by atoms with Crippen LogP contribution in [0.4, 0.5) is 5.69 Å². The van der Waals surface area contributed by atoms with E-state index in [4.69, 9.17) is 14.2 Å². The summed E-state index contributed by atoms with van der Waals surface area (Å²) in [5.74, 6) is 1.58. The van der Waals surface area contributed by atoms with E-state index in [9.17, 15) is 14.9 Å². The predicted octanol–water partition coefficient (Wildman–Crippen LogP) is 2.58. The summed E-state index contributed by atoms with van der Waals surface area (Å²) in [6.07, 6.45) is 0.721. The summed E-state index contributed by atoms with van der Waals surface area (Å²) in [6.45, 7) is 0.934. The minimum atomic E-state index is -0.483. The van der Waals surface area contributed by atoms with Gasteiger partial charge in [0.2, 0.25) is 0 Å². The number of nitrogens with zero attached hydrogens (tertiary/aromatic N) is 2. The van der Waals surface area contributed by atoms with E-state index in [-0.39, 0.29) is 18.2 Å². The molecule has 1 aliphatic rings. The van der Waals surface area contributed by atoms with E-state index < -0.39 is 4.92 Å². The molecule has 27 heavy (non-hydrogen) atoms. The van der Waals surface area contributed by atoms with Crippen molar-refractivity contribution in [1.29, 1.82) is 0 Å². The summed E-state index contributed by atoms with van der Waals surface area (Å²) in [6, 6.07) is 9.49. The summed E-state index contributed by atoms with van der Waals surface area (Å²) in [4.78, 5) is 24.4. The summed E-state index contributed by atoms with van der Waals surface area (Å²) in [5, 5.41) is 10.7. The number of non-ortho nitro benzene ring substituents is 1. The normalized spacial score (nSPS) is 12.9. The van der Waals surface area contributed by atoms with Crippen molar-refractivity contribution < 1.29 is 23.9 Å². The molecule has 0 N–H and O–H groups in total. The van der Waals surface area contributed by atoms with Gasteiger partial charge < -0.3 is 19.1 Å². The van der Waals surface area contributed by atoms with Gasteiger partial charge in [-0.2, -0.15) is 0 Å². The monoisotopic (exact) mass is 372 g/mol. The number of hydrogen-bond donors (Lipinski definition) is 0. The van der Waals surface area contributed by atoms with Crippen LogP contribution in [0.1, 0.15) is 11.1 Å². The third-order valence-corrected chi connectivity index (χ3v) is 4.48. The zero-order valence-electron chi connectivity index (χ0n) is 15.1. The van der Waals surface area contributed by atoms with Crippen molar-refractivity contribution in [3.05, 3.63) is 57.6 Å². The van der Waals surface area contributed by atoms with Crippen LogP contribution in [-0.4, -0.2) is 43.1 Å². The van der Waals surface area contributed by atoms with Crippen LogP contribution in [0.5, 0.6) is 17.2 Å². The molecule has 1 heterocycles. The Kier molecular flexibility index (Phi) is 5.44. The van der Waals surface area contributed by atoms with E-state index in [1.807, 2.05) is 12.1 Å². The molecule has 0 saturated carbocycles. The van der Waals surface area contributed by atoms with Crippen LogP contribution >= 0.6 is 0 Å². The number of hydrogen-bond acceptors (Lipinski definition) is 6. The van der Waals surface area contributed by atoms with Crippen LogP contribution in [0, 0.1) is 10.1 Å². The zero-order valence-corrected chi connectivity index (χ0v) is 15.1. The van der Waals surface area contributed by atoms with Crippen LogP contribution in [0.15, 0.2) is 36.4 Å². The third kappa shape index (κ3) is 4.11. The zero-order chi connectivity index (χ0) is 19.4. The number of fused-ring (bicyclic) bond motifs is 1. The number of rotatable bonds is 6. The van der Waals surface area contributed by atoms with E-state index in [1.165, 1.54) is 24.3 Å². The maximum absolute atomic E-state index is 12.5. The standard InChI is InChI=1S/C19H20N2O6/c1-25-17-9-13-7-8-20(11-14(13)10-18(17)26-2)19(22)12-27-16-5-3-15(4-6-16)21(23)24/h3-6,9-10H,7-8,11-12H2,1-2H3. The van der Waals surface area contributed by atoms with E-state index in [0.717, 1.165) is 17.5 Å². The van der Waals surface area contributed by atoms with Crippen LogP contribution in [0.3, 0.4) is 0 Å². The van der Waals surface area contributed by atoms with E-state index in [1.54, 1.807) is 19.1 Å². The number of carbonyl (C=O) groups excluding carboxylic acids is 1. The van der Waals surface area contributed by atoms with Gasteiger partial charge in [-0.25, -0.2) is 0 Å². The molecule has 0 saturated heterocycles. The number of nitro benzene ring substituents is 1. The van der Waals surface area contributed by atoms with Gasteiger partial charge in [-0.1, -0.05) is 0 Å². The van der Waals surface area contributed by atoms with Crippen molar-refractivity contribution in [3.8, 4) is 17.2 Å². The Morgan fingerprint density at radius 2 is 1.74 bits per heavy atom. The van der Waals surface area contributed by atoms with Crippen molar-refractivity contribution >= 4 is 11.6 Å². The summed E-state index contributed by atoms with van der Waals surface area (Å²) in [5.41, 5.74) is 2.13. The van der Waals surface area contributed by atoms with E-state index >= 15 is 0 Å². The fourth-order valence-corrected chi connectivity index (χ4v) is 3.00. The maximum atomic E-state index is 12.5. The van der Waals surface area contributed by atoms with Crippen molar-refractivity contribution in [1.82, 2.24) is 4.90 Å². The Morgan fingerprint density at radius 3 is 2.33 bits per heavy atom. The predicted molar refractivity (Wildman–Crippen MR) is 97.3 cm³/mol. The van der Waals surface area contributed by atoms with Gasteiger partial charge in [-0.05, 0) is 41.8 Å². The second kappa shape index (κ2) is 7.94. The highest BCUT2D eigenvalue weighted by Crippen LogP contribution is 2.33. The lowest BCUT2D eigenvalue weighted by Gasteiger charge is -2.29. The first-order chi connectivity index (χ1) is 13.0. The SMILES string of the molecule is COc1cc2c(cc1OC)CN(C(=O)COc1ccc([N+](=O)[O-])cc1)CC2. The molecule has 1 amide bonds. The van der Waals surface area contributed by atoms with Crippen molar-refractivity contribution in [3.63, 3.8) is 0 Å². The maximum Gasteiger partial charge on any atom is 0.269 e. The molecule has 0 radical (unpaired) electrons. The fraction of sp³-hybridized carbons (Fsp3) is 0.316. The highest BCUT2D eigenvalue weighted by atomic mass is 16.6. The minimum absolute atomic E-state index is 0.0225. The first-order valence-corrected chi connectivity index (χ1v) is 8.40. The number of benzene rings is 2. The van der Waals surface area contributed by atoms with Crippen molar-refractivity contribution in [2.24, 2.45) is 0 Å². The lowest BCUT2D eigenvalue weighted by molar-refractivity contribution is -0.384. The highest BCUT2D eigenvalue weighted by Gasteiger charge is 2.23. The van der Waals surface area contributed by atoms with Gasteiger partial charge in [0.1, 0.15) is 5.75 Å². The molecule has 0 spiro atoms. The Labute approximate surface area is 156 Å². The molecule has 8 nitrogen and oxygen atoms in total. The van der Waals surface area contributed by atoms with Gasteiger partial charge in [-0.15, -0.1) is 0 Å². The second-order valence-electron chi connectivity index (χ2n) is 6.08. The molecule has 0 unspecified atom stereocenters. The average molecular weight is 372 g/mol. The van der Waals surface area contributed by atoms with Gasteiger partial charge in [0.05, 0.1) is 19.1 Å². The number of methoxy groups -OCH3 is 2. The van der Waals surface area contributed by atoms with Crippen molar-refractivity contribution in [2.45, 2.75) is 13.0 Å². The molecular weight excluding hydrogens is 352 g/mol. The van der Waals surface area contributed by atoms with Gasteiger partial charge in [0.25, 0.3) is 11.6 Å². The summed E-state index contributed by atoms with van der Waals surface area (Å²) >= 11 is 0. The molecule has 0 atom stereocenters. The number of ether oxygens (including phenoxy) is 3. The molecule has 2 aromatic rings. The topological polar surface area (TPSA) is 91.1 Å². The molecule has 0 bridgehead atoms. The first-order valence-electron chi connectivity index (χ1n) is 8.40. The van der Waals surface area contributed by atoms with Gasteiger partial charge in [0, 0.05) is 25.2 Å². The van der Waals surface area contributed by atoms with Gasteiger partial charge in [-0.3, -0.25) is 14.9 Å². The minimum Gasteiger partial charge on any atom is -0.493 e. The molecule has 1 aliphatic heterocycles. The Bertz CT molecular complexity index is 850. The molecular formula is C19H20N2O6.